The normalized spacial score (nSPS) is 13.8. The van der Waals surface area contributed by atoms with Crippen molar-refractivity contribution in [3.63, 3.8) is 0 Å². The Bertz CT molecular complexity index is 1150. The fourth-order valence-corrected chi connectivity index (χ4v) is 3.79. The number of rotatable bonds is 8. The second-order valence-electron chi connectivity index (χ2n) is 7.36. The van der Waals surface area contributed by atoms with E-state index in [1.807, 2.05) is 6.92 Å². The van der Waals surface area contributed by atoms with Crippen LogP contribution in [0.25, 0.3) is 0 Å². The molecule has 1 N–H and O–H groups in total. The van der Waals surface area contributed by atoms with E-state index < -0.39 is 33.3 Å². The molecule has 180 valence electrons. The highest BCUT2D eigenvalue weighted by Crippen LogP contribution is 2.41. The Labute approximate surface area is 189 Å². The fourth-order valence-electron chi connectivity index (χ4n) is 3.29. The van der Waals surface area contributed by atoms with E-state index in [1.165, 1.54) is 0 Å². The van der Waals surface area contributed by atoms with Crippen LogP contribution in [-0.2, 0) is 39.1 Å². The maximum Gasteiger partial charge on any atom is 0.534 e. The lowest BCUT2D eigenvalue weighted by atomic mass is 9.88. The SMILES string of the molecule is CCC#CCc1c(C)c2c(c(OS(=O)(=O)C(F)(F)F)c1C/C=C(\C)CCC(=O)O)C(=O)OC2. The number of hydrogen-bond acceptors (Lipinski definition) is 6. The molecule has 0 atom stereocenters. The molecule has 0 saturated carbocycles. The van der Waals surface area contributed by atoms with Gasteiger partial charge in [-0.1, -0.05) is 24.5 Å². The number of fused-ring (bicyclic) bond motifs is 1. The quantitative estimate of drug-likeness (QED) is 0.192. The van der Waals surface area contributed by atoms with Crippen molar-refractivity contribution in [2.45, 2.75) is 65.0 Å². The second kappa shape index (κ2) is 10.3. The average Bonchev–Trinajstić information content (AvgIpc) is 3.09. The van der Waals surface area contributed by atoms with Gasteiger partial charge in [0, 0.05) is 30.4 Å². The highest BCUT2D eigenvalue weighted by atomic mass is 32.2. The lowest BCUT2D eigenvalue weighted by Gasteiger charge is -2.20. The molecule has 1 aliphatic heterocycles. The number of aliphatic carboxylic acids is 1. The minimum atomic E-state index is -6.08. The lowest BCUT2D eigenvalue weighted by molar-refractivity contribution is -0.136. The van der Waals surface area contributed by atoms with Gasteiger partial charge in [-0.3, -0.25) is 4.79 Å². The van der Waals surface area contributed by atoms with E-state index in [0.717, 1.165) is 0 Å². The summed E-state index contributed by atoms with van der Waals surface area (Å²) >= 11 is 0. The fraction of sp³-hybridized carbons (Fsp3) is 0.455. The number of ether oxygens (including phenoxy) is 1. The van der Waals surface area contributed by atoms with Gasteiger partial charge >= 0.3 is 27.6 Å². The number of alkyl halides is 3. The van der Waals surface area contributed by atoms with Crippen molar-refractivity contribution < 1.29 is 45.2 Å². The van der Waals surface area contributed by atoms with E-state index in [2.05, 4.69) is 16.0 Å². The van der Waals surface area contributed by atoms with E-state index >= 15 is 0 Å². The summed E-state index contributed by atoms with van der Waals surface area (Å²) in [6.45, 7) is 4.87. The molecule has 0 spiro atoms. The van der Waals surface area contributed by atoms with Gasteiger partial charge in [0.15, 0.2) is 5.75 Å². The van der Waals surface area contributed by atoms with Crippen LogP contribution in [0.2, 0.25) is 0 Å². The Balaban J connectivity index is 2.74. The first-order valence-corrected chi connectivity index (χ1v) is 11.4. The van der Waals surface area contributed by atoms with Crippen LogP contribution in [0.15, 0.2) is 11.6 Å². The van der Waals surface area contributed by atoms with Crippen LogP contribution in [0.3, 0.4) is 0 Å². The van der Waals surface area contributed by atoms with E-state index in [4.69, 9.17) is 9.84 Å². The van der Waals surface area contributed by atoms with E-state index in [1.54, 1.807) is 19.9 Å². The molecule has 1 aromatic carbocycles. The van der Waals surface area contributed by atoms with Gasteiger partial charge in [0.25, 0.3) is 0 Å². The highest BCUT2D eigenvalue weighted by Gasteiger charge is 2.50. The van der Waals surface area contributed by atoms with Crippen LogP contribution in [0.4, 0.5) is 13.2 Å². The lowest BCUT2D eigenvalue weighted by Crippen LogP contribution is -2.29. The van der Waals surface area contributed by atoms with Crippen LogP contribution in [0, 0.1) is 18.8 Å². The van der Waals surface area contributed by atoms with Crippen LogP contribution in [0.5, 0.6) is 5.75 Å². The first-order valence-electron chi connectivity index (χ1n) is 9.98. The van der Waals surface area contributed by atoms with Crippen molar-refractivity contribution in [1.29, 1.82) is 0 Å². The Morgan fingerprint density at radius 1 is 1.24 bits per heavy atom. The number of carboxylic acids is 1. The number of cyclic esters (lactones) is 1. The third-order valence-corrected chi connectivity index (χ3v) is 6.01. The summed E-state index contributed by atoms with van der Waals surface area (Å²) < 4.78 is 72.5. The van der Waals surface area contributed by atoms with Gasteiger partial charge < -0.3 is 14.0 Å². The van der Waals surface area contributed by atoms with Gasteiger partial charge in [-0.25, -0.2) is 4.79 Å². The summed E-state index contributed by atoms with van der Waals surface area (Å²) in [4.78, 5) is 23.1. The zero-order chi connectivity index (χ0) is 25.0. The molecule has 11 heteroatoms. The van der Waals surface area contributed by atoms with Gasteiger partial charge in [-0.2, -0.15) is 21.6 Å². The van der Waals surface area contributed by atoms with E-state index in [0.29, 0.717) is 23.1 Å². The topological polar surface area (TPSA) is 107 Å². The first kappa shape index (κ1) is 26.3. The minimum Gasteiger partial charge on any atom is -0.481 e. The molecule has 0 unspecified atom stereocenters. The van der Waals surface area contributed by atoms with Crippen LogP contribution < -0.4 is 4.18 Å². The minimum absolute atomic E-state index is 0.0537. The number of carbonyl (C=O) groups is 2. The smallest absolute Gasteiger partial charge is 0.481 e. The number of allylic oxidation sites excluding steroid dienone is 2. The third kappa shape index (κ3) is 6.07. The zero-order valence-corrected chi connectivity index (χ0v) is 19.1. The largest absolute Gasteiger partial charge is 0.534 e. The molecule has 33 heavy (non-hydrogen) atoms. The Morgan fingerprint density at radius 2 is 1.91 bits per heavy atom. The third-order valence-electron chi connectivity index (χ3n) is 5.06. The van der Waals surface area contributed by atoms with Gasteiger partial charge in [-0.05, 0) is 37.8 Å². The molecule has 1 aromatic rings. The van der Waals surface area contributed by atoms with Crippen molar-refractivity contribution in [2.24, 2.45) is 0 Å². The highest BCUT2D eigenvalue weighted by molar-refractivity contribution is 7.88. The molecule has 0 aliphatic carbocycles. The van der Waals surface area contributed by atoms with E-state index in [-0.39, 0.29) is 49.0 Å². The second-order valence-corrected chi connectivity index (χ2v) is 8.89. The van der Waals surface area contributed by atoms with Gasteiger partial charge in [0.2, 0.25) is 0 Å². The van der Waals surface area contributed by atoms with Crippen molar-refractivity contribution in [1.82, 2.24) is 0 Å². The molecule has 7 nitrogen and oxygen atoms in total. The molecule has 0 amide bonds. The van der Waals surface area contributed by atoms with Gasteiger partial charge in [-0.15, -0.1) is 5.92 Å². The number of halogens is 3. The predicted octanol–water partition coefficient (Wildman–Crippen LogP) is 4.20. The Hall–Kier alpha value is -3.00. The average molecular weight is 488 g/mol. The summed E-state index contributed by atoms with van der Waals surface area (Å²) in [6.07, 6.45) is 2.11. The van der Waals surface area contributed by atoms with Gasteiger partial charge in [0.1, 0.15) is 12.2 Å². The zero-order valence-electron chi connectivity index (χ0n) is 18.3. The number of carbonyl (C=O) groups excluding carboxylic acids is 1. The molecular weight excluding hydrogens is 465 g/mol. The Kier molecular flexibility index (Phi) is 8.19. The molecular formula is C22H23F3O7S. The molecule has 1 aliphatic rings. The molecule has 2 rings (SSSR count). The summed E-state index contributed by atoms with van der Waals surface area (Å²) in [7, 11) is -6.08. The molecule has 0 radical (unpaired) electrons. The summed E-state index contributed by atoms with van der Waals surface area (Å²) in [6, 6.07) is 0. The van der Waals surface area contributed by atoms with Crippen LogP contribution >= 0.6 is 0 Å². The first-order chi connectivity index (χ1) is 15.3. The number of benzene rings is 1. The monoisotopic (exact) mass is 488 g/mol. The maximum absolute atomic E-state index is 13.1. The number of esters is 1. The summed E-state index contributed by atoms with van der Waals surface area (Å²) in [5, 5.41) is 8.84. The number of hydrogen-bond donors (Lipinski definition) is 1. The molecule has 0 bridgehead atoms. The van der Waals surface area contributed by atoms with Crippen molar-refractivity contribution in [3.8, 4) is 17.6 Å². The molecule has 0 saturated heterocycles. The summed E-state index contributed by atoms with van der Waals surface area (Å²) in [5.41, 5.74) is -4.17. The van der Waals surface area contributed by atoms with Crippen molar-refractivity contribution in [3.05, 3.63) is 39.5 Å². The van der Waals surface area contributed by atoms with Crippen LogP contribution in [-0.4, -0.2) is 31.0 Å². The van der Waals surface area contributed by atoms with Gasteiger partial charge in [0.05, 0.1) is 0 Å². The molecule has 1 heterocycles. The standard InChI is InChI=1S/C22H23F3O7S/c1-4-5-6-7-15-14(3)17-12-31-21(28)19(17)20(32-33(29,30)22(23,24)25)16(15)10-8-13(2)9-11-18(26)27/h8H,4,7,9-12H2,1-3H3,(H,26,27)/b13-8+. The van der Waals surface area contributed by atoms with Crippen LogP contribution in [0.1, 0.15) is 65.7 Å². The molecule has 0 aromatic heterocycles. The summed E-state index contributed by atoms with van der Waals surface area (Å²) in [5.74, 6) is 3.00. The number of carboxylic acid groups (broad SMARTS) is 1. The van der Waals surface area contributed by atoms with Crippen molar-refractivity contribution >= 4 is 22.1 Å². The predicted molar refractivity (Wildman–Crippen MR) is 112 cm³/mol. The maximum atomic E-state index is 13.1. The van der Waals surface area contributed by atoms with E-state index in [9.17, 15) is 31.2 Å². The van der Waals surface area contributed by atoms with Crippen molar-refractivity contribution in [2.75, 3.05) is 0 Å². The molecule has 0 fully saturated rings. The Morgan fingerprint density at radius 3 is 2.48 bits per heavy atom.